The Bertz CT molecular complexity index is 868. The number of nitrogens with one attached hydrogen (secondary N) is 2. The molecule has 0 atom stereocenters. The number of aryl methyl sites for hydroxylation is 1. The predicted octanol–water partition coefficient (Wildman–Crippen LogP) is 5.05. The van der Waals surface area contributed by atoms with E-state index in [2.05, 4.69) is 15.4 Å². The van der Waals surface area contributed by atoms with E-state index in [0.717, 1.165) is 5.56 Å². The third kappa shape index (κ3) is 9.68. The summed E-state index contributed by atoms with van der Waals surface area (Å²) >= 11 is 10.1. The average Bonchev–Trinajstić information content (AvgIpc) is 2.61. The molecule has 0 heterocycles. The molecule has 2 aromatic carbocycles. The minimum absolute atomic E-state index is 0.305. The Morgan fingerprint density at radius 2 is 1.48 bits per heavy atom. The van der Waals surface area contributed by atoms with Crippen molar-refractivity contribution in [1.29, 1.82) is 0 Å². The molecule has 29 heavy (non-hydrogen) atoms. The van der Waals surface area contributed by atoms with Crippen LogP contribution in [-0.2, 0) is 9.53 Å². The van der Waals surface area contributed by atoms with E-state index >= 15 is 0 Å². The molecule has 10 heteroatoms. The van der Waals surface area contributed by atoms with Gasteiger partial charge in [0.05, 0.1) is 7.11 Å². The van der Waals surface area contributed by atoms with Crippen LogP contribution in [0.25, 0.3) is 0 Å². The number of carbonyl (C=O) groups is 3. The molecule has 0 aromatic heterocycles. The van der Waals surface area contributed by atoms with E-state index in [1.54, 1.807) is 24.3 Å². The number of rotatable bonds is 4. The number of ether oxygens (including phenoxy) is 2. The van der Waals surface area contributed by atoms with Crippen LogP contribution in [0.3, 0.4) is 0 Å². The lowest BCUT2D eigenvalue weighted by molar-refractivity contribution is -0.137. The molecule has 0 aliphatic rings. The molecule has 2 rings (SSSR count). The molecule has 0 spiro atoms. The van der Waals surface area contributed by atoms with Crippen molar-refractivity contribution in [2.75, 3.05) is 17.7 Å². The van der Waals surface area contributed by atoms with Crippen molar-refractivity contribution in [3.05, 3.63) is 54.1 Å². The molecule has 0 saturated carbocycles. The molecular formula is C19H20Cl2N2O6. The van der Waals surface area contributed by atoms with Crippen molar-refractivity contribution in [3.8, 4) is 5.75 Å². The fourth-order valence-corrected chi connectivity index (χ4v) is 1.78. The van der Waals surface area contributed by atoms with Crippen molar-refractivity contribution in [2.24, 2.45) is 0 Å². The van der Waals surface area contributed by atoms with Gasteiger partial charge < -0.3 is 14.6 Å². The lowest BCUT2D eigenvalue weighted by Gasteiger charge is -2.09. The monoisotopic (exact) mass is 442 g/mol. The molecule has 0 fully saturated rings. The maximum Gasteiger partial charge on any atom is 0.417 e. The van der Waals surface area contributed by atoms with Gasteiger partial charge in [-0.2, -0.15) is 0 Å². The fraction of sp³-hybridized carbons (Fsp3) is 0.211. The van der Waals surface area contributed by atoms with Crippen LogP contribution in [0.1, 0.15) is 12.5 Å². The molecule has 0 radical (unpaired) electrons. The summed E-state index contributed by atoms with van der Waals surface area (Å²) in [5.41, 5.74) is 2.14. The van der Waals surface area contributed by atoms with Crippen LogP contribution in [0.4, 0.5) is 21.0 Å². The van der Waals surface area contributed by atoms with Crippen LogP contribution < -0.4 is 15.4 Å². The smallest absolute Gasteiger partial charge is 0.417 e. The molecule has 0 bridgehead atoms. The standard InChI is InChI=1S/C16H16N2O4.C3H4Cl2O2/c1-11-5-3-6-12(9-11)18-16(20)22-14-8-4-7-13(10-14)17-15(19)21-2;1-3(4,5)2(6)7/h3-10H,1-2H3,(H,17,19)(H,18,20);1H3,(H,6,7). The van der Waals surface area contributed by atoms with Crippen molar-refractivity contribution >= 4 is 52.7 Å². The van der Waals surface area contributed by atoms with Crippen LogP contribution >= 0.6 is 23.2 Å². The van der Waals surface area contributed by atoms with Gasteiger partial charge in [-0.25, -0.2) is 14.4 Å². The SMILES string of the molecule is CC(Cl)(Cl)C(=O)O.COC(=O)Nc1cccc(OC(=O)Nc2cccc(C)c2)c1. The van der Waals surface area contributed by atoms with Crippen LogP contribution in [0.2, 0.25) is 0 Å². The van der Waals surface area contributed by atoms with Gasteiger partial charge in [-0.1, -0.05) is 41.4 Å². The number of alkyl halides is 2. The van der Waals surface area contributed by atoms with Gasteiger partial charge in [-0.05, 0) is 43.7 Å². The highest BCUT2D eigenvalue weighted by Gasteiger charge is 2.25. The first-order valence-electron chi connectivity index (χ1n) is 8.13. The maximum atomic E-state index is 11.8. The van der Waals surface area contributed by atoms with E-state index in [-0.39, 0.29) is 0 Å². The van der Waals surface area contributed by atoms with Crippen LogP contribution in [0.5, 0.6) is 5.75 Å². The third-order valence-corrected chi connectivity index (χ3v) is 3.44. The second kappa shape index (κ2) is 11.1. The van der Waals surface area contributed by atoms with Crippen LogP contribution in [0, 0.1) is 6.92 Å². The molecular weight excluding hydrogens is 423 g/mol. The minimum atomic E-state index is -1.64. The summed E-state index contributed by atoms with van der Waals surface area (Å²) in [6.45, 7) is 3.12. The first-order chi connectivity index (χ1) is 13.5. The van der Waals surface area contributed by atoms with Gasteiger partial charge >= 0.3 is 18.2 Å². The Kier molecular flexibility index (Phi) is 9.24. The van der Waals surface area contributed by atoms with Gasteiger partial charge in [0, 0.05) is 17.4 Å². The number of benzene rings is 2. The zero-order chi connectivity index (χ0) is 22.0. The van der Waals surface area contributed by atoms with E-state index < -0.39 is 22.5 Å². The Labute approximate surface area is 177 Å². The van der Waals surface area contributed by atoms with E-state index in [4.69, 9.17) is 33.0 Å². The van der Waals surface area contributed by atoms with Gasteiger partial charge in [-0.3, -0.25) is 10.6 Å². The first-order valence-corrected chi connectivity index (χ1v) is 8.88. The summed E-state index contributed by atoms with van der Waals surface area (Å²) in [6.07, 6.45) is -1.21. The maximum absolute atomic E-state index is 11.8. The van der Waals surface area contributed by atoms with Gasteiger partial charge in [0.15, 0.2) is 0 Å². The highest BCUT2D eigenvalue weighted by atomic mass is 35.5. The number of hydrogen-bond donors (Lipinski definition) is 3. The Balaban J connectivity index is 0.000000516. The van der Waals surface area contributed by atoms with E-state index in [0.29, 0.717) is 17.1 Å². The summed E-state index contributed by atoms with van der Waals surface area (Å²) in [6, 6.07) is 13.8. The Hall–Kier alpha value is -2.97. The predicted molar refractivity (Wildman–Crippen MR) is 111 cm³/mol. The molecule has 2 aromatic rings. The lowest BCUT2D eigenvalue weighted by Crippen LogP contribution is -2.19. The van der Waals surface area contributed by atoms with Gasteiger partial charge in [0.2, 0.25) is 4.33 Å². The zero-order valence-electron chi connectivity index (χ0n) is 15.9. The number of methoxy groups -OCH3 is 1. The summed E-state index contributed by atoms with van der Waals surface area (Å²) < 4.78 is 8.03. The van der Waals surface area contributed by atoms with E-state index in [9.17, 15) is 14.4 Å². The van der Waals surface area contributed by atoms with E-state index in [1.165, 1.54) is 20.1 Å². The first kappa shape index (κ1) is 24.1. The van der Waals surface area contributed by atoms with Crippen LogP contribution in [0.15, 0.2) is 48.5 Å². The molecule has 8 nitrogen and oxygen atoms in total. The highest BCUT2D eigenvalue weighted by Crippen LogP contribution is 2.19. The minimum Gasteiger partial charge on any atom is -0.479 e. The van der Waals surface area contributed by atoms with Gasteiger partial charge in [0.25, 0.3) is 0 Å². The fourth-order valence-electron chi connectivity index (χ4n) is 1.78. The zero-order valence-corrected chi connectivity index (χ0v) is 17.4. The highest BCUT2D eigenvalue weighted by molar-refractivity contribution is 6.56. The van der Waals surface area contributed by atoms with E-state index in [1.807, 2.05) is 25.1 Å². The number of aliphatic carboxylic acids is 1. The molecule has 0 aliphatic carbocycles. The Morgan fingerprint density at radius 3 is 2.00 bits per heavy atom. The summed E-state index contributed by atoms with van der Waals surface area (Å²) in [4.78, 5) is 32.7. The molecule has 0 saturated heterocycles. The third-order valence-electron chi connectivity index (χ3n) is 3.12. The van der Waals surface area contributed by atoms with Gasteiger partial charge in [-0.15, -0.1) is 0 Å². The number of carbonyl (C=O) groups excluding carboxylic acids is 2. The normalized spacial score (nSPS) is 10.1. The van der Waals surface area contributed by atoms with Crippen molar-refractivity contribution < 1.29 is 29.0 Å². The van der Waals surface area contributed by atoms with Crippen LogP contribution in [-0.4, -0.2) is 34.7 Å². The number of amides is 2. The number of anilines is 2. The molecule has 156 valence electrons. The summed E-state index contributed by atoms with van der Waals surface area (Å²) in [5.74, 6) is -0.921. The second-order valence-corrected chi connectivity index (χ2v) is 7.43. The second-order valence-electron chi connectivity index (χ2n) is 5.72. The molecule has 2 amide bonds. The van der Waals surface area contributed by atoms with Gasteiger partial charge in [0.1, 0.15) is 5.75 Å². The lowest BCUT2D eigenvalue weighted by atomic mass is 10.2. The average molecular weight is 443 g/mol. The van der Waals surface area contributed by atoms with Crippen molar-refractivity contribution in [1.82, 2.24) is 0 Å². The number of carboxylic acids is 1. The molecule has 0 aliphatic heterocycles. The van der Waals surface area contributed by atoms with Crippen molar-refractivity contribution in [3.63, 3.8) is 0 Å². The van der Waals surface area contributed by atoms with Crippen molar-refractivity contribution in [2.45, 2.75) is 18.2 Å². The number of hydrogen-bond acceptors (Lipinski definition) is 5. The molecule has 3 N–H and O–H groups in total. The quantitative estimate of drug-likeness (QED) is 0.570. The topological polar surface area (TPSA) is 114 Å². The number of halogens is 2. The molecule has 0 unspecified atom stereocenters. The number of carboxylic acid groups (broad SMARTS) is 1. The summed E-state index contributed by atoms with van der Waals surface area (Å²) in [7, 11) is 1.27. The Morgan fingerprint density at radius 1 is 0.966 bits per heavy atom. The largest absolute Gasteiger partial charge is 0.479 e. The summed E-state index contributed by atoms with van der Waals surface area (Å²) in [5, 5.41) is 13.1.